The van der Waals surface area contributed by atoms with E-state index in [0.29, 0.717) is 30.1 Å². The second-order valence-electron chi connectivity index (χ2n) is 9.68. The average molecular weight is 500 g/mol. The van der Waals surface area contributed by atoms with Crippen LogP contribution in [0.25, 0.3) is 10.9 Å². The zero-order chi connectivity index (χ0) is 25.7. The van der Waals surface area contributed by atoms with Crippen molar-refractivity contribution in [2.75, 3.05) is 13.1 Å². The SMILES string of the molecule is Cc1ccc(C(=O)N(CCCN)C(c2nc3ccccc3cc2Cc2ccccc2)C(C)C)cc1Cl. The Kier molecular flexibility index (Phi) is 8.40. The molecule has 3 aromatic carbocycles. The lowest BCUT2D eigenvalue weighted by molar-refractivity contribution is 0.0615. The summed E-state index contributed by atoms with van der Waals surface area (Å²) in [7, 11) is 0. The Morgan fingerprint density at radius 3 is 2.42 bits per heavy atom. The van der Waals surface area contributed by atoms with Crippen molar-refractivity contribution >= 4 is 28.4 Å². The number of benzene rings is 3. The predicted molar refractivity (Wildman–Crippen MR) is 149 cm³/mol. The Morgan fingerprint density at radius 1 is 1.00 bits per heavy atom. The van der Waals surface area contributed by atoms with E-state index in [2.05, 4.69) is 50.2 Å². The van der Waals surface area contributed by atoms with Crippen molar-refractivity contribution in [3.63, 3.8) is 0 Å². The third-order valence-electron chi connectivity index (χ3n) is 6.60. The molecule has 0 spiro atoms. The molecular formula is C31H34ClN3O. The summed E-state index contributed by atoms with van der Waals surface area (Å²) in [6.07, 6.45) is 1.45. The van der Waals surface area contributed by atoms with Crippen LogP contribution < -0.4 is 5.73 Å². The maximum atomic E-state index is 14.0. The monoisotopic (exact) mass is 499 g/mol. The van der Waals surface area contributed by atoms with E-state index in [9.17, 15) is 4.79 Å². The van der Waals surface area contributed by atoms with Crippen molar-refractivity contribution in [1.29, 1.82) is 0 Å². The molecule has 1 unspecified atom stereocenters. The molecule has 1 heterocycles. The number of carbonyl (C=O) groups is 1. The first-order chi connectivity index (χ1) is 17.4. The standard InChI is InChI=1S/C31H34ClN3O/c1-21(2)30(35(17-9-16-33)31(36)25-15-14-22(3)27(32)20-25)29-26(18-23-10-5-4-6-11-23)19-24-12-7-8-13-28(24)34-29/h4-8,10-15,19-21,30H,9,16-18,33H2,1-3H3. The molecule has 0 aliphatic rings. The number of nitrogens with zero attached hydrogens (tertiary/aromatic N) is 2. The molecule has 1 atom stereocenters. The number of amides is 1. The van der Waals surface area contributed by atoms with Gasteiger partial charge in [0.1, 0.15) is 0 Å². The highest BCUT2D eigenvalue weighted by molar-refractivity contribution is 6.31. The van der Waals surface area contributed by atoms with Crippen molar-refractivity contribution in [2.24, 2.45) is 11.7 Å². The van der Waals surface area contributed by atoms with Crippen LogP contribution in [-0.4, -0.2) is 28.9 Å². The van der Waals surface area contributed by atoms with Gasteiger partial charge in [0.05, 0.1) is 17.3 Å². The van der Waals surface area contributed by atoms with Gasteiger partial charge in [-0.1, -0.05) is 80.0 Å². The lowest BCUT2D eigenvalue weighted by Crippen LogP contribution is -2.39. The van der Waals surface area contributed by atoms with Crippen molar-refractivity contribution in [3.05, 3.63) is 112 Å². The van der Waals surface area contributed by atoms with Crippen LogP contribution in [0.15, 0.2) is 78.9 Å². The number of pyridine rings is 1. The van der Waals surface area contributed by atoms with Gasteiger partial charge in [0.15, 0.2) is 0 Å². The lowest BCUT2D eigenvalue weighted by atomic mass is 9.90. The fraction of sp³-hybridized carbons (Fsp3) is 0.290. The summed E-state index contributed by atoms with van der Waals surface area (Å²) in [5.41, 5.74) is 11.6. The van der Waals surface area contributed by atoms with Crippen LogP contribution in [0.3, 0.4) is 0 Å². The molecule has 1 aromatic heterocycles. The predicted octanol–water partition coefficient (Wildman–Crippen LogP) is 6.98. The van der Waals surface area contributed by atoms with Crippen LogP contribution in [0.1, 0.15) is 59.1 Å². The summed E-state index contributed by atoms with van der Waals surface area (Å²) in [5, 5.41) is 1.69. The number of rotatable bonds is 9. The summed E-state index contributed by atoms with van der Waals surface area (Å²) in [6, 6.07) is 26.1. The minimum Gasteiger partial charge on any atom is -0.330 e. The third-order valence-corrected chi connectivity index (χ3v) is 7.01. The molecule has 0 fully saturated rings. The molecule has 1 amide bonds. The molecular weight excluding hydrogens is 466 g/mol. The number of hydrogen-bond acceptors (Lipinski definition) is 3. The number of nitrogens with two attached hydrogens (primary N) is 1. The van der Waals surface area contributed by atoms with E-state index in [1.807, 2.05) is 48.2 Å². The Balaban J connectivity index is 1.86. The number of fused-ring (bicyclic) bond motifs is 1. The van der Waals surface area contributed by atoms with Crippen molar-refractivity contribution in [2.45, 2.75) is 39.7 Å². The first kappa shape index (κ1) is 25.9. The van der Waals surface area contributed by atoms with E-state index in [1.165, 1.54) is 5.56 Å². The molecule has 36 heavy (non-hydrogen) atoms. The largest absolute Gasteiger partial charge is 0.330 e. The Hall–Kier alpha value is -3.21. The molecule has 0 radical (unpaired) electrons. The maximum Gasteiger partial charge on any atom is 0.254 e. The highest BCUT2D eigenvalue weighted by Crippen LogP contribution is 2.34. The van der Waals surface area contributed by atoms with Gasteiger partial charge in [-0.2, -0.15) is 0 Å². The number of aromatic nitrogens is 1. The summed E-state index contributed by atoms with van der Waals surface area (Å²) < 4.78 is 0. The minimum absolute atomic E-state index is 0.0512. The van der Waals surface area contributed by atoms with Gasteiger partial charge >= 0.3 is 0 Å². The highest BCUT2D eigenvalue weighted by atomic mass is 35.5. The van der Waals surface area contributed by atoms with Crippen LogP contribution >= 0.6 is 11.6 Å². The van der Waals surface area contributed by atoms with Crippen molar-refractivity contribution in [3.8, 4) is 0 Å². The molecule has 4 rings (SSSR count). The molecule has 5 heteroatoms. The van der Waals surface area contributed by atoms with E-state index >= 15 is 0 Å². The first-order valence-corrected chi connectivity index (χ1v) is 13.0. The van der Waals surface area contributed by atoms with Crippen LogP contribution in [0.4, 0.5) is 0 Å². The quantitative estimate of drug-likeness (QED) is 0.270. The fourth-order valence-corrected chi connectivity index (χ4v) is 4.91. The second kappa shape index (κ2) is 11.7. The van der Waals surface area contributed by atoms with Crippen molar-refractivity contribution in [1.82, 2.24) is 9.88 Å². The smallest absolute Gasteiger partial charge is 0.254 e. The molecule has 0 saturated heterocycles. The van der Waals surface area contributed by atoms with Gasteiger partial charge in [-0.3, -0.25) is 9.78 Å². The van der Waals surface area contributed by atoms with Crippen LogP contribution in [-0.2, 0) is 6.42 Å². The summed E-state index contributed by atoms with van der Waals surface area (Å²) in [4.78, 5) is 21.1. The van der Waals surface area contributed by atoms with Crippen molar-refractivity contribution < 1.29 is 4.79 Å². The van der Waals surface area contributed by atoms with E-state index in [4.69, 9.17) is 22.3 Å². The van der Waals surface area contributed by atoms with E-state index < -0.39 is 0 Å². The number of aryl methyl sites for hydroxylation is 1. The molecule has 0 bridgehead atoms. The normalized spacial score (nSPS) is 12.2. The number of halogens is 1. The summed E-state index contributed by atoms with van der Waals surface area (Å²) in [6.45, 7) is 7.29. The average Bonchev–Trinajstić information content (AvgIpc) is 2.88. The third kappa shape index (κ3) is 5.77. The van der Waals surface area contributed by atoms with Gasteiger partial charge in [-0.25, -0.2) is 0 Å². The van der Waals surface area contributed by atoms with Crippen LogP contribution in [0.5, 0.6) is 0 Å². The maximum absolute atomic E-state index is 14.0. The molecule has 4 nitrogen and oxygen atoms in total. The summed E-state index contributed by atoms with van der Waals surface area (Å²) >= 11 is 6.40. The minimum atomic E-state index is -0.215. The highest BCUT2D eigenvalue weighted by Gasteiger charge is 2.31. The van der Waals surface area contributed by atoms with Gasteiger partial charge in [-0.05, 0) is 73.2 Å². The Bertz CT molecular complexity index is 1340. The molecule has 2 N–H and O–H groups in total. The van der Waals surface area contributed by atoms with E-state index in [-0.39, 0.29) is 17.9 Å². The van der Waals surface area contributed by atoms with Crippen LogP contribution in [0.2, 0.25) is 5.02 Å². The summed E-state index contributed by atoms with van der Waals surface area (Å²) in [5.74, 6) is 0.0838. The fourth-order valence-electron chi connectivity index (χ4n) is 4.73. The zero-order valence-corrected chi connectivity index (χ0v) is 22.0. The van der Waals surface area contributed by atoms with Crippen LogP contribution in [0, 0.1) is 12.8 Å². The topological polar surface area (TPSA) is 59.2 Å². The Labute approximate surface area is 219 Å². The lowest BCUT2D eigenvalue weighted by Gasteiger charge is -2.36. The number of para-hydroxylation sites is 1. The number of hydrogen-bond donors (Lipinski definition) is 1. The van der Waals surface area contributed by atoms with E-state index in [0.717, 1.165) is 34.1 Å². The first-order valence-electron chi connectivity index (χ1n) is 12.6. The molecule has 4 aromatic rings. The second-order valence-corrected chi connectivity index (χ2v) is 10.1. The molecule has 0 aliphatic carbocycles. The van der Waals surface area contributed by atoms with E-state index in [1.54, 1.807) is 6.07 Å². The van der Waals surface area contributed by atoms with Gasteiger partial charge in [0.25, 0.3) is 5.91 Å². The molecule has 0 aliphatic heterocycles. The number of carbonyl (C=O) groups excluding carboxylic acids is 1. The van der Waals surface area contributed by atoms with Gasteiger partial charge in [0.2, 0.25) is 0 Å². The van der Waals surface area contributed by atoms with Gasteiger partial charge in [-0.15, -0.1) is 0 Å². The molecule has 0 saturated carbocycles. The van der Waals surface area contributed by atoms with Gasteiger partial charge in [0, 0.05) is 22.5 Å². The van der Waals surface area contributed by atoms with Gasteiger partial charge < -0.3 is 10.6 Å². The Morgan fingerprint density at radius 2 is 1.72 bits per heavy atom. The molecule has 186 valence electrons. The zero-order valence-electron chi connectivity index (χ0n) is 21.2.